The summed E-state index contributed by atoms with van der Waals surface area (Å²) in [7, 11) is 0. The number of aliphatic hydroxyl groups is 1. The van der Waals surface area contributed by atoms with Gasteiger partial charge in [-0.05, 0) is 42.0 Å². The Hall–Kier alpha value is -1.91. The lowest BCUT2D eigenvalue weighted by Gasteiger charge is -2.19. The summed E-state index contributed by atoms with van der Waals surface area (Å²) in [5.41, 5.74) is 1.38. The van der Waals surface area contributed by atoms with Crippen molar-refractivity contribution in [2.45, 2.75) is 24.9 Å². The summed E-state index contributed by atoms with van der Waals surface area (Å²) in [5.74, 6) is -0.519. The number of halogens is 2. The Bertz CT molecular complexity index is 719. The van der Waals surface area contributed by atoms with Crippen molar-refractivity contribution in [3.8, 4) is 0 Å². The van der Waals surface area contributed by atoms with Gasteiger partial charge in [0.15, 0.2) is 0 Å². The van der Waals surface area contributed by atoms with Crippen molar-refractivity contribution in [1.29, 1.82) is 0 Å². The number of hydrogen-bond acceptors (Lipinski definition) is 2. The minimum atomic E-state index is -0.976. The van der Waals surface area contributed by atoms with Crippen molar-refractivity contribution < 1.29 is 14.3 Å². The van der Waals surface area contributed by atoms with E-state index in [0.717, 1.165) is 18.4 Å². The topological polar surface area (TPSA) is 49.3 Å². The highest BCUT2D eigenvalue weighted by atomic mass is 35.5. The fourth-order valence-corrected chi connectivity index (χ4v) is 2.99. The first kappa shape index (κ1) is 16.9. The summed E-state index contributed by atoms with van der Waals surface area (Å²) in [6.45, 7) is 0.0377. The van der Waals surface area contributed by atoms with Crippen molar-refractivity contribution in [3.63, 3.8) is 0 Å². The molecule has 1 aliphatic carbocycles. The van der Waals surface area contributed by atoms with Gasteiger partial charge in [0.25, 0.3) is 0 Å². The molecule has 1 aliphatic rings. The summed E-state index contributed by atoms with van der Waals surface area (Å²) in [6, 6.07) is 13.8. The third kappa shape index (κ3) is 3.94. The molecule has 0 saturated heterocycles. The third-order valence-corrected chi connectivity index (χ3v) is 4.64. The van der Waals surface area contributed by atoms with E-state index in [1.54, 1.807) is 6.07 Å². The lowest BCUT2D eigenvalue weighted by atomic mass is 9.93. The lowest BCUT2D eigenvalue weighted by Crippen LogP contribution is -2.33. The number of nitrogens with one attached hydrogen (secondary N) is 1. The van der Waals surface area contributed by atoms with Crippen LogP contribution in [0.4, 0.5) is 4.39 Å². The molecule has 0 heterocycles. The largest absolute Gasteiger partial charge is 0.387 e. The number of amides is 1. The highest BCUT2D eigenvalue weighted by Gasteiger charge is 2.37. The van der Waals surface area contributed by atoms with E-state index in [1.165, 1.54) is 12.1 Å². The lowest BCUT2D eigenvalue weighted by molar-refractivity contribution is -0.123. The predicted molar refractivity (Wildman–Crippen MR) is 91.3 cm³/mol. The molecule has 1 fully saturated rings. The molecule has 0 radical (unpaired) electrons. The van der Waals surface area contributed by atoms with E-state index in [0.29, 0.717) is 11.5 Å². The minimum absolute atomic E-state index is 0.00728. The molecule has 0 bridgehead atoms. The van der Waals surface area contributed by atoms with Crippen molar-refractivity contribution in [2.75, 3.05) is 6.54 Å². The van der Waals surface area contributed by atoms with E-state index in [4.69, 9.17) is 11.6 Å². The molecule has 1 saturated carbocycles. The molecule has 2 aromatic rings. The number of benzene rings is 2. The molecule has 0 aliphatic heterocycles. The van der Waals surface area contributed by atoms with Gasteiger partial charge in [0.1, 0.15) is 5.82 Å². The standard InChI is InChI=1S/C19H19ClFNO2/c20-15-9-8-14(10-16(15)21)17(23)11-22-19(24)18(13-6-7-13)12-4-2-1-3-5-12/h1-5,8-10,13,17-18,23H,6-7,11H2,(H,22,24). The number of carbonyl (C=O) groups excluding carboxylic acids is 1. The number of rotatable bonds is 6. The van der Waals surface area contributed by atoms with E-state index in [1.807, 2.05) is 30.3 Å². The van der Waals surface area contributed by atoms with E-state index in [9.17, 15) is 14.3 Å². The normalized spacial score (nSPS) is 16.5. The Balaban J connectivity index is 1.64. The zero-order chi connectivity index (χ0) is 17.1. The van der Waals surface area contributed by atoms with Crippen molar-refractivity contribution >= 4 is 17.5 Å². The number of aliphatic hydroxyl groups excluding tert-OH is 1. The fourth-order valence-electron chi connectivity index (χ4n) is 2.87. The average Bonchev–Trinajstić information content (AvgIpc) is 3.41. The van der Waals surface area contributed by atoms with Crippen LogP contribution in [0.15, 0.2) is 48.5 Å². The highest BCUT2D eigenvalue weighted by molar-refractivity contribution is 6.30. The quantitative estimate of drug-likeness (QED) is 0.834. The van der Waals surface area contributed by atoms with Gasteiger partial charge in [-0.3, -0.25) is 4.79 Å². The first-order valence-corrected chi connectivity index (χ1v) is 8.39. The van der Waals surface area contributed by atoms with Crippen LogP contribution < -0.4 is 5.32 Å². The van der Waals surface area contributed by atoms with E-state index >= 15 is 0 Å². The van der Waals surface area contributed by atoms with E-state index in [2.05, 4.69) is 5.32 Å². The van der Waals surface area contributed by atoms with Crippen LogP contribution in [-0.4, -0.2) is 17.6 Å². The maximum atomic E-state index is 13.5. The fraction of sp³-hybridized carbons (Fsp3) is 0.316. The summed E-state index contributed by atoms with van der Waals surface area (Å²) in [4.78, 5) is 12.6. The van der Waals surface area contributed by atoms with E-state index in [-0.39, 0.29) is 23.4 Å². The smallest absolute Gasteiger partial charge is 0.227 e. The Kier molecular flexibility index (Phi) is 5.17. The second-order valence-corrected chi connectivity index (χ2v) is 6.57. The summed E-state index contributed by atoms with van der Waals surface area (Å²) < 4.78 is 13.5. The van der Waals surface area contributed by atoms with Gasteiger partial charge in [-0.25, -0.2) is 4.39 Å². The Labute approximate surface area is 145 Å². The number of carbonyl (C=O) groups is 1. The molecule has 126 valence electrons. The number of hydrogen-bond donors (Lipinski definition) is 2. The molecular formula is C19H19ClFNO2. The van der Waals surface area contributed by atoms with Gasteiger partial charge in [-0.1, -0.05) is 48.0 Å². The third-order valence-electron chi connectivity index (χ3n) is 4.33. The first-order valence-electron chi connectivity index (χ1n) is 8.02. The summed E-state index contributed by atoms with van der Waals surface area (Å²) in [5, 5.41) is 13.0. The zero-order valence-corrected chi connectivity index (χ0v) is 13.8. The van der Waals surface area contributed by atoms with Crippen molar-refractivity contribution in [2.24, 2.45) is 5.92 Å². The second-order valence-electron chi connectivity index (χ2n) is 6.16. The summed E-state index contributed by atoms with van der Waals surface area (Å²) >= 11 is 5.64. The average molecular weight is 348 g/mol. The molecule has 3 rings (SSSR count). The van der Waals surface area contributed by atoms with Crippen LogP contribution >= 0.6 is 11.6 Å². The van der Waals surface area contributed by atoms with Gasteiger partial charge < -0.3 is 10.4 Å². The van der Waals surface area contributed by atoms with Crippen LogP contribution in [0, 0.1) is 11.7 Å². The minimum Gasteiger partial charge on any atom is -0.387 e. The molecule has 0 aromatic heterocycles. The zero-order valence-electron chi connectivity index (χ0n) is 13.1. The first-order chi connectivity index (χ1) is 11.6. The van der Waals surface area contributed by atoms with Gasteiger partial charge in [-0.2, -0.15) is 0 Å². The predicted octanol–water partition coefficient (Wildman–Crippen LogP) is 3.82. The molecule has 2 unspecified atom stereocenters. The Morgan fingerprint density at radius 2 is 1.92 bits per heavy atom. The van der Waals surface area contributed by atoms with Crippen molar-refractivity contribution in [3.05, 3.63) is 70.5 Å². The molecular weight excluding hydrogens is 329 g/mol. The molecule has 24 heavy (non-hydrogen) atoms. The molecule has 2 N–H and O–H groups in total. The van der Waals surface area contributed by atoms with Crippen LogP contribution in [-0.2, 0) is 4.79 Å². The van der Waals surface area contributed by atoms with Gasteiger partial charge in [0.05, 0.1) is 17.0 Å². The van der Waals surface area contributed by atoms with Gasteiger partial charge in [0, 0.05) is 6.54 Å². The Morgan fingerprint density at radius 3 is 2.54 bits per heavy atom. The van der Waals surface area contributed by atoms with E-state index < -0.39 is 11.9 Å². The molecule has 0 spiro atoms. The molecule has 2 atom stereocenters. The van der Waals surface area contributed by atoms with Crippen molar-refractivity contribution in [1.82, 2.24) is 5.32 Å². The Morgan fingerprint density at radius 1 is 1.21 bits per heavy atom. The van der Waals surface area contributed by atoms with Gasteiger partial charge in [-0.15, -0.1) is 0 Å². The second kappa shape index (κ2) is 7.32. The van der Waals surface area contributed by atoms with Gasteiger partial charge in [0.2, 0.25) is 5.91 Å². The molecule has 2 aromatic carbocycles. The van der Waals surface area contributed by atoms with Crippen LogP contribution in [0.2, 0.25) is 5.02 Å². The highest BCUT2D eigenvalue weighted by Crippen LogP contribution is 2.42. The van der Waals surface area contributed by atoms with Crippen LogP contribution in [0.1, 0.15) is 36.0 Å². The monoisotopic (exact) mass is 347 g/mol. The van der Waals surface area contributed by atoms with Gasteiger partial charge >= 0.3 is 0 Å². The summed E-state index contributed by atoms with van der Waals surface area (Å²) in [6.07, 6.45) is 1.10. The molecule has 3 nitrogen and oxygen atoms in total. The van der Waals surface area contributed by atoms with Crippen LogP contribution in [0.25, 0.3) is 0 Å². The SMILES string of the molecule is O=C(NCC(O)c1ccc(Cl)c(F)c1)C(c1ccccc1)C1CC1. The maximum Gasteiger partial charge on any atom is 0.227 e. The van der Waals surface area contributed by atoms with Crippen LogP contribution in [0.5, 0.6) is 0 Å². The molecule has 5 heteroatoms. The van der Waals surface area contributed by atoms with Crippen LogP contribution in [0.3, 0.4) is 0 Å². The maximum absolute atomic E-state index is 13.5. The molecule has 1 amide bonds.